The molecule has 0 radical (unpaired) electrons. The van der Waals surface area contributed by atoms with Crippen LogP contribution in [0.4, 0.5) is 8.78 Å². The summed E-state index contributed by atoms with van der Waals surface area (Å²) in [6.07, 6.45) is -3.95. The minimum atomic E-state index is -3.03. The zero-order chi connectivity index (χ0) is 25.8. The second-order valence-corrected chi connectivity index (χ2v) is 15.3. The molecule has 0 saturated carbocycles. The largest absolute Gasteiger partial charge is 0.388 e. The molecule has 2 heterocycles. The van der Waals surface area contributed by atoms with Crippen LogP contribution in [0.1, 0.15) is 35.5 Å². The number of aliphatic hydroxyl groups excluding tert-OH is 1. The van der Waals surface area contributed by atoms with E-state index in [-0.39, 0.29) is 18.1 Å². The Morgan fingerprint density at radius 2 is 1.86 bits per heavy atom. The van der Waals surface area contributed by atoms with Crippen LogP contribution in [0.2, 0.25) is 30.7 Å². The number of ether oxygens (including phenoxy) is 1. The van der Waals surface area contributed by atoms with Crippen molar-refractivity contribution in [2.75, 3.05) is 6.61 Å². The van der Waals surface area contributed by atoms with Gasteiger partial charge in [0.25, 0.3) is 12.0 Å². The average molecular weight is 529 g/mol. The molecule has 3 rings (SSSR count). The molecule has 1 atom stereocenters. The van der Waals surface area contributed by atoms with Crippen molar-refractivity contribution in [3.8, 4) is 0 Å². The van der Waals surface area contributed by atoms with Crippen LogP contribution >= 0.6 is 11.6 Å². The predicted octanol–water partition coefficient (Wildman–Crippen LogP) is 3.62. The predicted molar refractivity (Wildman–Crippen MR) is 128 cm³/mol. The van der Waals surface area contributed by atoms with Crippen LogP contribution in [0.25, 0.3) is 0 Å². The summed E-state index contributed by atoms with van der Waals surface area (Å²) in [5, 5.41) is 14.7. The summed E-state index contributed by atoms with van der Waals surface area (Å²) in [7, 11) is -1.42. The first-order valence-electron chi connectivity index (χ1n) is 10.9. The molecule has 0 aliphatic heterocycles. The molecule has 9 nitrogen and oxygen atoms in total. The number of halogens is 3. The molecule has 0 saturated heterocycles. The molecule has 1 aromatic carbocycles. The van der Waals surface area contributed by atoms with Crippen LogP contribution in [-0.4, -0.2) is 39.1 Å². The van der Waals surface area contributed by atoms with E-state index in [0.717, 1.165) is 15.2 Å². The van der Waals surface area contributed by atoms with E-state index in [1.807, 2.05) is 0 Å². The minimum absolute atomic E-state index is 0.0134. The van der Waals surface area contributed by atoms with Crippen LogP contribution in [0.3, 0.4) is 0 Å². The van der Waals surface area contributed by atoms with Crippen molar-refractivity contribution in [1.29, 1.82) is 0 Å². The summed E-state index contributed by atoms with van der Waals surface area (Å²) in [6, 6.07) is 8.08. The Balaban J connectivity index is 1.77. The number of aromatic nitrogens is 4. The van der Waals surface area contributed by atoms with Crippen LogP contribution in [0, 0.1) is 0 Å². The highest BCUT2D eigenvalue weighted by atomic mass is 35.5. The molecule has 0 bridgehead atoms. The third kappa shape index (κ3) is 7.40. The van der Waals surface area contributed by atoms with Crippen LogP contribution in [0.15, 0.2) is 44.4 Å². The SMILES string of the molecule is C[Si](C)(C)CCOCn1c(C(F)F)cc(=O)n(Cc2nc(C[C@H](O)c3ccc(Cl)cc3)no2)c1=O. The molecular weight excluding hydrogens is 502 g/mol. The number of nitrogens with zero attached hydrogens (tertiary/aromatic N) is 4. The maximum atomic E-state index is 13.5. The fourth-order valence-electron chi connectivity index (χ4n) is 3.17. The molecule has 0 aliphatic carbocycles. The standard InChI is InChI=1S/C22H27ClF2N4O5Si/c1-35(2,3)9-8-33-13-29-16(21(24)25)10-20(31)28(22(29)32)12-19-26-18(27-34-19)11-17(30)14-4-6-15(23)7-5-14/h4-7,10,17,21,30H,8-9,11-13H2,1-3H3/t17-/m0/s1. The van der Waals surface area contributed by atoms with Gasteiger partial charge >= 0.3 is 5.69 Å². The van der Waals surface area contributed by atoms with E-state index in [2.05, 4.69) is 29.8 Å². The van der Waals surface area contributed by atoms with Crippen LogP contribution in [0.5, 0.6) is 0 Å². The topological polar surface area (TPSA) is 112 Å². The van der Waals surface area contributed by atoms with Crippen molar-refractivity contribution in [2.45, 2.75) is 57.9 Å². The highest BCUT2D eigenvalue weighted by molar-refractivity contribution is 6.76. The normalized spacial score (nSPS) is 12.9. The number of benzene rings is 1. The third-order valence-electron chi connectivity index (χ3n) is 5.19. The fourth-order valence-corrected chi connectivity index (χ4v) is 4.05. The Morgan fingerprint density at radius 1 is 1.17 bits per heavy atom. The van der Waals surface area contributed by atoms with Crippen molar-refractivity contribution in [1.82, 2.24) is 19.3 Å². The van der Waals surface area contributed by atoms with Crippen LogP contribution < -0.4 is 11.2 Å². The van der Waals surface area contributed by atoms with Gasteiger partial charge in [-0.05, 0) is 23.7 Å². The molecule has 0 fully saturated rings. The first-order valence-corrected chi connectivity index (χ1v) is 15.0. The van der Waals surface area contributed by atoms with Gasteiger partial charge in [0.2, 0.25) is 5.89 Å². The maximum Gasteiger partial charge on any atom is 0.333 e. The van der Waals surface area contributed by atoms with Gasteiger partial charge in [0.05, 0.1) is 11.8 Å². The van der Waals surface area contributed by atoms with E-state index in [1.165, 1.54) is 0 Å². The molecule has 0 unspecified atom stereocenters. The molecule has 35 heavy (non-hydrogen) atoms. The lowest BCUT2D eigenvalue weighted by Crippen LogP contribution is -2.42. The smallest absolute Gasteiger partial charge is 0.333 e. The first kappa shape index (κ1) is 26.9. The molecule has 0 aliphatic rings. The van der Waals surface area contributed by atoms with E-state index in [1.54, 1.807) is 24.3 Å². The molecule has 1 N–H and O–H groups in total. The summed E-state index contributed by atoms with van der Waals surface area (Å²) < 4.78 is 39.0. The lowest BCUT2D eigenvalue weighted by atomic mass is 10.1. The summed E-state index contributed by atoms with van der Waals surface area (Å²) >= 11 is 5.85. The Hall–Kier alpha value is -2.67. The lowest BCUT2D eigenvalue weighted by molar-refractivity contribution is 0.0649. The maximum absolute atomic E-state index is 13.5. The molecule has 13 heteroatoms. The zero-order valence-electron chi connectivity index (χ0n) is 19.6. The van der Waals surface area contributed by atoms with Gasteiger partial charge in [-0.2, -0.15) is 4.98 Å². The minimum Gasteiger partial charge on any atom is -0.388 e. The zero-order valence-corrected chi connectivity index (χ0v) is 21.3. The van der Waals surface area contributed by atoms with Gasteiger partial charge in [-0.1, -0.05) is 48.5 Å². The monoisotopic (exact) mass is 528 g/mol. The summed E-state index contributed by atoms with van der Waals surface area (Å²) in [5.41, 5.74) is -2.02. The van der Waals surface area contributed by atoms with Crippen molar-refractivity contribution >= 4 is 19.7 Å². The molecular formula is C22H27ClF2N4O5Si. The Kier molecular flexibility index (Phi) is 8.75. The van der Waals surface area contributed by atoms with Gasteiger partial charge in [-0.25, -0.2) is 13.6 Å². The number of hydrogen-bond donors (Lipinski definition) is 1. The second-order valence-electron chi connectivity index (χ2n) is 9.23. The molecule has 0 amide bonds. The number of hydrogen-bond acceptors (Lipinski definition) is 7. The number of alkyl halides is 2. The average Bonchev–Trinajstić information content (AvgIpc) is 3.21. The van der Waals surface area contributed by atoms with E-state index >= 15 is 0 Å². The van der Waals surface area contributed by atoms with Gasteiger partial charge in [-0.3, -0.25) is 13.9 Å². The summed E-state index contributed by atoms with van der Waals surface area (Å²) in [5.74, 6) is 0.0632. The fraction of sp³-hybridized carbons (Fsp3) is 0.455. The van der Waals surface area contributed by atoms with Gasteiger partial charge < -0.3 is 14.4 Å². The highest BCUT2D eigenvalue weighted by Gasteiger charge is 2.21. The van der Waals surface area contributed by atoms with Gasteiger partial charge in [0, 0.05) is 32.2 Å². The van der Waals surface area contributed by atoms with Crippen molar-refractivity contribution in [2.24, 2.45) is 0 Å². The van der Waals surface area contributed by atoms with Crippen molar-refractivity contribution in [3.05, 3.63) is 79.2 Å². The van der Waals surface area contributed by atoms with Crippen molar-refractivity contribution in [3.63, 3.8) is 0 Å². The number of aliphatic hydroxyl groups is 1. The van der Waals surface area contributed by atoms with Crippen molar-refractivity contribution < 1.29 is 23.1 Å². The Morgan fingerprint density at radius 3 is 2.49 bits per heavy atom. The number of rotatable bonds is 11. The first-order chi connectivity index (χ1) is 16.4. The highest BCUT2D eigenvalue weighted by Crippen LogP contribution is 2.20. The van der Waals surface area contributed by atoms with Gasteiger partial charge in [-0.15, -0.1) is 0 Å². The van der Waals surface area contributed by atoms with Crippen LogP contribution in [-0.2, 0) is 24.4 Å². The summed E-state index contributed by atoms with van der Waals surface area (Å²) in [6.45, 7) is 5.90. The Bertz CT molecular complexity index is 1250. The molecule has 190 valence electrons. The quantitative estimate of drug-likeness (QED) is 0.299. The van der Waals surface area contributed by atoms with E-state index < -0.39 is 50.8 Å². The van der Waals surface area contributed by atoms with Gasteiger partial charge in [0.1, 0.15) is 13.3 Å². The second kappa shape index (κ2) is 11.4. The Labute approximate surface area is 205 Å². The lowest BCUT2D eigenvalue weighted by Gasteiger charge is -2.17. The summed E-state index contributed by atoms with van der Waals surface area (Å²) in [4.78, 5) is 29.4. The van der Waals surface area contributed by atoms with Gasteiger partial charge in [0.15, 0.2) is 5.82 Å². The van der Waals surface area contributed by atoms with E-state index in [9.17, 15) is 23.5 Å². The van der Waals surface area contributed by atoms with E-state index in [0.29, 0.717) is 23.3 Å². The molecule has 2 aromatic heterocycles. The molecule has 0 spiro atoms. The third-order valence-corrected chi connectivity index (χ3v) is 7.14. The van der Waals surface area contributed by atoms with E-state index in [4.69, 9.17) is 20.9 Å². The molecule has 3 aromatic rings.